The number of nitrogens with zero attached hydrogens (tertiary/aromatic N) is 1. The molecule has 0 radical (unpaired) electrons. The SMILES string of the molecule is Cc1[nH]nc2c1C(=O)C[C@H](c1ccco1)C2. The van der Waals surface area contributed by atoms with E-state index in [9.17, 15) is 4.79 Å². The van der Waals surface area contributed by atoms with E-state index >= 15 is 0 Å². The highest BCUT2D eigenvalue weighted by molar-refractivity contribution is 5.99. The van der Waals surface area contributed by atoms with Crippen LogP contribution < -0.4 is 0 Å². The highest BCUT2D eigenvalue weighted by Crippen LogP contribution is 2.32. The fourth-order valence-electron chi connectivity index (χ4n) is 2.35. The van der Waals surface area contributed by atoms with Crippen molar-refractivity contribution < 1.29 is 9.21 Å². The van der Waals surface area contributed by atoms with E-state index in [1.807, 2.05) is 19.1 Å². The molecule has 0 aromatic carbocycles. The van der Waals surface area contributed by atoms with Gasteiger partial charge in [-0.05, 0) is 19.1 Å². The van der Waals surface area contributed by atoms with Crippen molar-refractivity contribution in [1.29, 1.82) is 0 Å². The number of aryl methyl sites for hydroxylation is 1. The molecule has 2 aromatic heterocycles. The molecule has 0 spiro atoms. The Labute approximate surface area is 92.7 Å². The molecule has 16 heavy (non-hydrogen) atoms. The Hall–Kier alpha value is -1.84. The van der Waals surface area contributed by atoms with Crippen molar-refractivity contribution in [3.8, 4) is 0 Å². The summed E-state index contributed by atoms with van der Waals surface area (Å²) in [4.78, 5) is 12.0. The lowest BCUT2D eigenvalue weighted by atomic mass is 9.84. The Morgan fingerprint density at radius 2 is 2.38 bits per heavy atom. The van der Waals surface area contributed by atoms with Crippen molar-refractivity contribution >= 4 is 5.78 Å². The third kappa shape index (κ3) is 1.30. The summed E-state index contributed by atoms with van der Waals surface area (Å²) >= 11 is 0. The molecule has 1 atom stereocenters. The Kier molecular flexibility index (Phi) is 1.96. The molecule has 3 rings (SSSR count). The average Bonchev–Trinajstić information content (AvgIpc) is 2.87. The summed E-state index contributed by atoms with van der Waals surface area (Å²) in [6.45, 7) is 1.89. The minimum atomic E-state index is 0.137. The first-order chi connectivity index (χ1) is 7.75. The van der Waals surface area contributed by atoms with Crippen LogP contribution in [-0.4, -0.2) is 16.0 Å². The van der Waals surface area contributed by atoms with Crippen molar-refractivity contribution in [1.82, 2.24) is 10.2 Å². The lowest BCUT2D eigenvalue weighted by Crippen LogP contribution is -2.18. The van der Waals surface area contributed by atoms with Gasteiger partial charge in [-0.25, -0.2) is 0 Å². The number of carbonyl (C=O) groups is 1. The molecule has 82 valence electrons. The molecule has 2 aromatic rings. The van der Waals surface area contributed by atoms with Crippen LogP contribution in [0, 0.1) is 6.92 Å². The zero-order valence-corrected chi connectivity index (χ0v) is 8.99. The molecule has 0 aliphatic heterocycles. The van der Waals surface area contributed by atoms with Crippen LogP contribution in [0.3, 0.4) is 0 Å². The van der Waals surface area contributed by atoms with Gasteiger partial charge in [0, 0.05) is 24.5 Å². The monoisotopic (exact) mass is 216 g/mol. The maximum atomic E-state index is 12.0. The van der Waals surface area contributed by atoms with Gasteiger partial charge in [0.2, 0.25) is 0 Å². The van der Waals surface area contributed by atoms with Crippen LogP contribution in [-0.2, 0) is 6.42 Å². The summed E-state index contributed by atoms with van der Waals surface area (Å²) in [5, 5.41) is 7.05. The van der Waals surface area contributed by atoms with E-state index < -0.39 is 0 Å². The topological polar surface area (TPSA) is 58.9 Å². The van der Waals surface area contributed by atoms with E-state index in [0.29, 0.717) is 6.42 Å². The lowest BCUT2D eigenvalue weighted by Gasteiger charge is -2.18. The molecular weight excluding hydrogens is 204 g/mol. The molecule has 4 nitrogen and oxygen atoms in total. The summed E-state index contributed by atoms with van der Waals surface area (Å²) in [6.07, 6.45) is 2.94. The number of hydrogen-bond donors (Lipinski definition) is 1. The van der Waals surface area contributed by atoms with Crippen molar-refractivity contribution in [3.63, 3.8) is 0 Å². The van der Waals surface area contributed by atoms with E-state index in [1.54, 1.807) is 6.26 Å². The number of nitrogens with one attached hydrogen (secondary N) is 1. The highest BCUT2D eigenvalue weighted by Gasteiger charge is 2.30. The molecular formula is C12H12N2O2. The summed E-state index contributed by atoms with van der Waals surface area (Å²) < 4.78 is 5.35. The van der Waals surface area contributed by atoms with Gasteiger partial charge in [0.25, 0.3) is 0 Å². The molecule has 1 N–H and O–H groups in total. The van der Waals surface area contributed by atoms with Gasteiger partial charge in [-0.3, -0.25) is 9.89 Å². The van der Waals surface area contributed by atoms with Crippen LogP contribution in [0.2, 0.25) is 0 Å². The van der Waals surface area contributed by atoms with Crippen molar-refractivity contribution in [2.45, 2.75) is 25.7 Å². The molecule has 0 saturated carbocycles. The van der Waals surface area contributed by atoms with E-state index in [4.69, 9.17) is 4.42 Å². The second kappa shape index (κ2) is 3.33. The fourth-order valence-corrected chi connectivity index (χ4v) is 2.35. The number of ketones is 1. The van der Waals surface area contributed by atoms with Gasteiger partial charge in [0.1, 0.15) is 5.76 Å². The summed E-state index contributed by atoms with van der Waals surface area (Å²) in [5.41, 5.74) is 2.52. The van der Waals surface area contributed by atoms with E-state index in [-0.39, 0.29) is 11.7 Å². The second-order valence-corrected chi connectivity index (χ2v) is 4.21. The molecule has 1 aliphatic rings. The van der Waals surface area contributed by atoms with Crippen LogP contribution in [0.25, 0.3) is 0 Å². The molecule has 4 heteroatoms. The third-order valence-electron chi connectivity index (χ3n) is 3.12. The number of Topliss-reactive ketones (excluding diaryl/α,β-unsaturated/α-hetero) is 1. The maximum Gasteiger partial charge on any atom is 0.167 e. The van der Waals surface area contributed by atoms with Gasteiger partial charge in [0.15, 0.2) is 5.78 Å². The number of hydrogen-bond acceptors (Lipinski definition) is 3. The normalized spacial score (nSPS) is 19.8. The van der Waals surface area contributed by atoms with Crippen LogP contribution in [0.5, 0.6) is 0 Å². The molecule has 1 aliphatic carbocycles. The number of fused-ring (bicyclic) bond motifs is 1. The number of aromatic amines is 1. The molecule has 0 amide bonds. The molecule has 0 saturated heterocycles. The number of aromatic nitrogens is 2. The third-order valence-corrected chi connectivity index (χ3v) is 3.12. The first-order valence-corrected chi connectivity index (χ1v) is 5.36. The predicted molar refractivity (Wildman–Crippen MR) is 57.4 cm³/mol. The fraction of sp³-hybridized carbons (Fsp3) is 0.333. The lowest BCUT2D eigenvalue weighted by molar-refractivity contribution is 0.0959. The van der Waals surface area contributed by atoms with E-state index in [0.717, 1.165) is 29.1 Å². The zero-order chi connectivity index (χ0) is 11.1. The first-order valence-electron chi connectivity index (χ1n) is 5.36. The minimum absolute atomic E-state index is 0.137. The van der Waals surface area contributed by atoms with Gasteiger partial charge in [-0.1, -0.05) is 0 Å². The van der Waals surface area contributed by atoms with Crippen molar-refractivity contribution in [2.75, 3.05) is 0 Å². The van der Waals surface area contributed by atoms with Crippen molar-refractivity contribution in [2.24, 2.45) is 0 Å². The zero-order valence-electron chi connectivity index (χ0n) is 8.99. The van der Waals surface area contributed by atoms with Crippen LogP contribution in [0.15, 0.2) is 22.8 Å². The molecule has 0 fully saturated rings. The van der Waals surface area contributed by atoms with Gasteiger partial charge < -0.3 is 4.42 Å². The van der Waals surface area contributed by atoms with Gasteiger partial charge in [0.05, 0.1) is 17.5 Å². The van der Waals surface area contributed by atoms with Gasteiger partial charge in [-0.2, -0.15) is 5.10 Å². The number of H-pyrrole nitrogens is 1. The highest BCUT2D eigenvalue weighted by atomic mass is 16.3. The Morgan fingerprint density at radius 3 is 3.12 bits per heavy atom. The number of rotatable bonds is 1. The Balaban J connectivity index is 1.99. The summed E-state index contributed by atoms with van der Waals surface area (Å²) in [6, 6.07) is 3.77. The number of carbonyl (C=O) groups excluding carboxylic acids is 1. The van der Waals surface area contributed by atoms with Crippen LogP contribution in [0.4, 0.5) is 0 Å². The smallest absolute Gasteiger partial charge is 0.167 e. The second-order valence-electron chi connectivity index (χ2n) is 4.21. The van der Waals surface area contributed by atoms with Gasteiger partial charge >= 0.3 is 0 Å². The standard InChI is InChI=1S/C12H12N2O2/c1-7-12-9(14-13-7)5-8(6-10(12)15)11-3-2-4-16-11/h2-4,8H,5-6H2,1H3,(H,13,14)/t8-/m1/s1. The summed E-state index contributed by atoms with van der Waals surface area (Å²) in [5.74, 6) is 1.17. The minimum Gasteiger partial charge on any atom is -0.469 e. The average molecular weight is 216 g/mol. The van der Waals surface area contributed by atoms with Gasteiger partial charge in [-0.15, -0.1) is 0 Å². The Bertz CT molecular complexity index is 525. The predicted octanol–water partition coefficient (Wildman–Crippen LogP) is 2.22. The number of furan rings is 1. The molecule has 0 unspecified atom stereocenters. The van der Waals surface area contributed by atoms with Crippen molar-refractivity contribution in [3.05, 3.63) is 41.1 Å². The van der Waals surface area contributed by atoms with E-state index in [1.165, 1.54) is 0 Å². The largest absolute Gasteiger partial charge is 0.469 e. The molecule has 0 bridgehead atoms. The van der Waals surface area contributed by atoms with E-state index in [2.05, 4.69) is 10.2 Å². The Morgan fingerprint density at radius 1 is 1.50 bits per heavy atom. The summed E-state index contributed by atoms with van der Waals surface area (Å²) in [7, 11) is 0. The van der Waals surface area contributed by atoms with Crippen LogP contribution in [0.1, 0.15) is 39.8 Å². The quantitative estimate of drug-likeness (QED) is 0.795. The van der Waals surface area contributed by atoms with Crippen LogP contribution >= 0.6 is 0 Å². The maximum absolute atomic E-state index is 12.0. The first kappa shape index (κ1) is 9.39. The molecule has 2 heterocycles.